The van der Waals surface area contributed by atoms with Crippen LogP contribution >= 0.6 is 11.3 Å². The number of alkyl halides is 2. The van der Waals surface area contributed by atoms with Gasteiger partial charge in [0.1, 0.15) is 5.69 Å². The smallest absolute Gasteiger partial charge is 0.308 e. The number of carbonyl (C=O) groups is 1. The van der Waals surface area contributed by atoms with E-state index in [9.17, 15) is 13.6 Å². The third-order valence-corrected chi connectivity index (χ3v) is 8.66. The summed E-state index contributed by atoms with van der Waals surface area (Å²) < 4.78 is 44.4. The maximum atomic E-state index is 15.2. The van der Waals surface area contributed by atoms with E-state index in [2.05, 4.69) is 27.1 Å². The highest BCUT2D eigenvalue weighted by molar-refractivity contribution is 7.15. The van der Waals surface area contributed by atoms with Crippen LogP contribution in [0.15, 0.2) is 24.3 Å². The number of anilines is 3. The van der Waals surface area contributed by atoms with Gasteiger partial charge in [-0.1, -0.05) is 35.6 Å². The molecule has 2 aromatic heterocycles. The Morgan fingerprint density at radius 1 is 1.11 bits per heavy atom. The Labute approximate surface area is 214 Å². The fourth-order valence-corrected chi connectivity index (χ4v) is 6.75. The van der Waals surface area contributed by atoms with Crippen molar-refractivity contribution in [1.29, 1.82) is 0 Å². The second-order valence-corrected chi connectivity index (χ2v) is 11.1. The van der Waals surface area contributed by atoms with E-state index in [1.165, 1.54) is 5.56 Å². The Hall–Kier alpha value is -3.45. The summed E-state index contributed by atoms with van der Waals surface area (Å²) in [6.07, 6.45) is 2.33. The lowest BCUT2D eigenvalue weighted by molar-refractivity contribution is -0.0478. The largest absolute Gasteiger partial charge is 0.382 e. The van der Waals surface area contributed by atoms with E-state index in [0.29, 0.717) is 13.1 Å². The van der Waals surface area contributed by atoms with Crippen molar-refractivity contribution in [2.45, 2.75) is 37.8 Å². The molecule has 1 fully saturated rings. The Balaban J connectivity index is 1.20. The highest BCUT2D eigenvalue weighted by atomic mass is 32.1. The van der Waals surface area contributed by atoms with Crippen LogP contribution in [0.5, 0.6) is 0 Å². The van der Waals surface area contributed by atoms with Gasteiger partial charge in [0, 0.05) is 19.1 Å². The standard InChI is InChI=1S/C24H25F3N8OS/c25-18-20(34-7-5-23(6-8-34)9-12-3-1-2-4-13(12)16(23)28)33-19(29)15(31-18)21(36)35-10-14-17(24(26,27)11-35)32-22(30)37-14/h1-4,16H,5-11,28H2,(H2,29,33)(H2,30,32). The van der Waals surface area contributed by atoms with E-state index in [1.54, 1.807) is 4.90 Å². The highest BCUT2D eigenvalue weighted by Gasteiger charge is 2.47. The lowest BCUT2D eigenvalue weighted by atomic mass is 9.73. The van der Waals surface area contributed by atoms with Crippen LogP contribution in [0.1, 0.15) is 51.1 Å². The number of nitrogens with zero attached hydrogens (tertiary/aromatic N) is 5. The van der Waals surface area contributed by atoms with Crippen molar-refractivity contribution in [2.75, 3.05) is 36.0 Å². The van der Waals surface area contributed by atoms with Crippen LogP contribution in [0.2, 0.25) is 0 Å². The van der Waals surface area contributed by atoms with Crippen molar-refractivity contribution >= 4 is 34.0 Å². The molecule has 0 radical (unpaired) electrons. The minimum absolute atomic E-state index is 0.0144. The highest BCUT2D eigenvalue weighted by Crippen LogP contribution is 2.51. The second-order valence-electron chi connectivity index (χ2n) is 9.96. The number of amides is 1. The predicted molar refractivity (Wildman–Crippen MR) is 133 cm³/mol. The van der Waals surface area contributed by atoms with Crippen LogP contribution in [-0.2, 0) is 18.9 Å². The molecular formula is C24H25F3N8OS. The fraction of sp³-hybridized carbons (Fsp3) is 0.417. The summed E-state index contributed by atoms with van der Waals surface area (Å²) in [5.74, 6) is -5.68. The van der Waals surface area contributed by atoms with E-state index in [1.807, 2.05) is 12.1 Å². The van der Waals surface area contributed by atoms with Crippen LogP contribution in [-0.4, -0.2) is 45.4 Å². The van der Waals surface area contributed by atoms with Crippen LogP contribution < -0.4 is 22.1 Å². The first-order chi connectivity index (χ1) is 17.6. The number of nitrogen functional groups attached to an aromatic ring is 2. The fourth-order valence-electron chi connectivity index (χ4n) is 5.85. The van der Waals surface area contributed by atoms with Gasteiger partial charge in [0.05, 0.1) is 18.0 Å². The molecule has 1 atom stereocenters. The van der Waals surface area contributed by atoms with Gasteiger partial charge >= 0.3 is 5.92 Å². The molecule has 0 bridgehead atoms. The first-order valence-electron chi connectivity index (χ1n) is 11.9. The molecule has 194 valence electrons. The maximum Gasteiger partial charge on any atom is 0.308 e. The van der Waals surface area contributed by atoms with Crippen molar-refractivity contribution in [3.05, 3.63) is 57.6 Å². The van der Waals surface area contributed by atoms with Crippen molar-refractivity contribution in [1.82, 2.24) is 19.9 Å². The minimum atomic E-state index is -3.40. The molecule has 6 N–H and O–H groups in total. The first-order valence-corrected chi connectivity index (χ1v) is 12.7. The normalized spacial score (nSPS) is 21.7. The molecule has 1 saturated heterocycles. The van der Waals surface area contributed by atoms with Gasteiger partial charge < -0.3 is 27.0 Å². The molecule has 3 aromatic rings. The van der Waals surface area contributed by atoms with Gasteiger partial charge in [0.15, 0.2) is 22.5 Å². The second kappa shape index (κ2) is 8.28. The summed E-state index contributed by atoms with van der Waals surface area (Å²) in [6.45, 7) is -0.106. The van der Waals surface area contributed by atoms with Gasteiger partial charge in [0.2, 0.25) is 0 Å². The number of halogens is 3. The molecule has 4 heterocycles. The number of carbonyl (C=O) groups excluding carboxylic acids is 1. The zero-order valence-electron chi connectivity index (χ0n) is 19.8. The molecule has 37 heavy (non-hydrogen) atoms. The van der Waals surface area contributed by atoms with Crippen molar-refractivity contribution in [3.63, 3.8) is 0 Å². The summed E-state index contributed by atoms with van der Waals surface area (Å²) in [7, 11) is 0. The number of aromatic nitrogens is 3. The van der Waals surface area contributed by atoms with E-state index >= 15 is 4.39 Å². The molecule has 1 amide bonds. The van der Waals surface area contributed by atoms with Crippen LogP contribution in [0.25, 0.3) is 0 Å². The van der Waals surface area contributed by atoms with E-state index in [-0.39, 0.29) is 39.6 Å². The summed E-state index contributed by atoms with van der Waals surface area (Å²) in [5, 5.41) is -0.0144. The van der Waals surface area contributed by atoms with Crippen LogP contribution in [0.3, 0.4) is 0 Å². The number of benzene rings is 1. The van der Waals surface area contributed by atoms with Gasteiger partial charge in [-0.25, -0.2) is 15.0 Å². The SMILES string of the molecule is Nc1nc2c(s1)CN(C(=O)c1nc(F)c(N3CCC4(CC3)Cc3ccccc3C4N)nc1N)CC2(F)F. The lowest BCUT2D eigenvalue weighted by Gasteiger charge is -2.42. The quantitative estimate of drug-likeness (QED) is 0.460. The van der Waals surface area contributed by atoms with Crippen molar-refractivity contribution in [3.8, 4) is 0 Å². The van der Waals surface area contributed by atoms with Gasteiger partial charge in [-0.2, -0.15) is 13.2 Å². The molecule has 13 heteroatoms. The predicted octanol–water partition coefficient (Wildman–Crippen LogP) is 2.83. The number of hydrogen-bond donors (Lipinski definition) is 3. The molecule has 1 spiro atoms. The molecule has 0 saturated carbocycles. The number of rotatable bonds is 2. The van der Waals surface area contributed by atoms with Gasteiger partial charge in [-0.15, -0.1) is 0 Å². The van der Waals surface area contributed by atoms with Gasteiger partial charge in [-0.05, 0) is 35.8 Å². The monoisotopic (exact) mass is 530 g/mol. The zero-order chi connectivity index (χ0) is 26.1. The molecule has 6 rings (SSSR count). The number of thiazole rings is 1. The lowest BCUT2D eigenvalue weighted by Crippen LogP contribution is -2.45. The summed E-state index contributed by atoms with van der Waals surface area (Å²) >= 11 is 0.877. The Kier molecular flexibility index (Phi) is 5.35. The van der Waals surface area contributed by atoms with E-state index in [4.69, 9.17) is 17.2 Å². The Bertz CT molecular complexity index is 1400. The number of piperidine rings is 1. The maximum absolute atomic E-state index is 15.2. The molecule has 1 aliphatic carbocycles. The summed E-state index contributed by atoms with van der Waals surface area (Å²) in [5.41, 5.74) is 19.6. The molecule has 3 aliphatic rings. The van der Waals surface area contributed by atoms with Gasteiger partial charge in [-0.3, -0.25) is 4.79 Å². The minimum Gasteiger partial charge on any atom is -0.382 e. The van der Waals surface area contributed by atoms with Crippen molar-refractivity contribution in [2.24, 2.45) is 11.1 Å². The zero-order valence-corrected chi connectivity index (χ0v) is 20.6. The van der Waals surface area contributed by atoms with Crippen LogP contribution in [0.4, 0.5) is 29.9 Å². The molecule has 1 unspecified atom stereocenters. The number of hydrogen-bond acceptors (Lipinski definition) is 9. The topological polar surface area (TPSA) is 140 Å². The van der Waals surface area contributed by atoms with E-state index < -0.39 is 35.7 Å². The molecule has 2 aliphatic heterocycles. The number of nitrogens with two attached hydrogens (primary N) is 3. The third kappa shape index (κ3) is 3.79. The molecule has 1 aromatic carbocycles. The Morgan fingerprint density at radius 2 is 1.84 bits per heavy atom. The average Bonchev–Trinajstić information content (AvgIpc) is 3.38. The summed E-state index contributed by atoms with van der Waals surface area (Å²) in [6, 6.07) is 8.06. The first kappa shape index (κ1) is 23.9. The molecular weight excluding hydrogens is 505 g/mol. The summed E-state index contributed by atoms with van der Waals surface area (Å²) in [4.78, 5) is 27.4. The van der Waals surface area contributed by atoms with E-state index in [0.717, 1.165) is 41.1 Å². The van der Waals surface area contributed by atoms with Gasteiger partial charge in [0.25, 0.3) is 11.9 Å². The molecule has 9 nitrogen and oxygen atoms in total. The van der Waals surface area contributed by atoms with Crippen LogP contribution in [0, 0.1) is 11.4 Å². The number of fused-ring (bicyclic) bond motifs is 2. The Morgan fingerprint density at radius 3 is 2.57 bits per heavy atom. The average molecular weight is 531 g/mol. The third-order valence-electron chi connectivity index (χ3n) is 7.79. The van der Waals surface area contributed by atoms with Crippen molar-refractivity contribution < 1.29 is 18.0 Å².